The molecule has 1 fully saturated rings. The maximum Gasteiger partial charge on any atom is 0.247 e. The number of H-pyrrole nitrogens is 1. The number of nitrogens with one attached hydrogen (secondary N) is 3. The van der Waals surface area contributed by atoms with Gasteiger partial charge in [0.2, 0.25) is 15.9 Å². The summed E-state index contributed by atoms with van der Waals surface area (Å²) >= 11 is 0. The summed E-state index contributed by atoms with van der Waals surface area (Å²) in [6.07, 6.45) is 2.55. The van der Waals surface area contributed by atoms with Crippen LogP contribution in [-0.4, -0.2) is 61.0 Å². The third-order valence-electron chi connectivity index (χ3n) is 2.93. The van der Waals surface area contributed by atoms with E-state index >= 15 is 0 Å². The summed E-state index contributed by atoms with van der Waals surface area (Å²) in [6.45, 7) is 3.35. The van der Waals surface area contributed by atoms with Gasteiger partial charge in [-0.05, 0) is 6.92 Å². The number of rotatable bonds is 4. The molecule has 1 unspecified atom stereocenters. The van der Waals surface area contributed by atoms with Crippen LogP contribution in [-0.2, 0) is 14.8 Å². The van der Waals surface area contributed by atoms with Crippen molar-refractivity contribution >= 4 is 15.9 Å². The van der Waals surface area contributed by atoms with Gasteiger partial charge in [0.05, 0.1) is 6.20 Å². The SMILES string of the molecule is CCNC(=O)C1CNCCN1S(=O)(=O)c1cn[nH]c1. The molecule has 1 aliphatic heterocycles. The molecule has 8 nitrogen and oxygen atoms in total. The van der Waals surface area contributed by atoms with E-state index in [1.54, 1.807) is 6.92 Å². The highest BCUT2D eigenvalue weighted by Crippen LogP contribution is 2.18. The molecule has 2 heterocycles. The molecule has 0 saturated carbocycles. The quantitative estimate of drug-likeness (QED) is 0.625. The lowest BCUT2D eigenvalue weighted by atomic mass is 10.2. The van der Waals surface area contributed by atoms with E-state index in [4.69, 9.17) is 0 Å². The van der Waals surface area contributed by atoms with E-state index in [0.29, 0.717) is 19.6 Å². The van der Waals surface area contributed by atoms with Gasteiger partial charge in [0, 0.05) is 32.4 Å². The summed E-state index contributed by atoms with van der Waals surface area (Å²) in [4.78, 5) is 12.0. The zero-order chi connectivity index (χ0) is 13.9. The third kappa shape index (κ3) is 2.77. The summed E-state index contributed by atoms with van der Waals surface area (Å²) in [5.74, 6) is -0.290. The number of piperazine rings is 1. The van der Waals surface area contributed by atoms with Gasteiger partial charge < -0.3 is 10.6 Å². The van der Waals surface area contributed by atoms with Crippen LogP contribution in [0.3, 0.4) is 0 Å². The summed E-state index contributed by atoms with van der Waals surface area (Å²) < 4.78 is 26.1. The average Bonchev–Trinajstić information content (AvgIpc) is 2.93. The molecule has 1 aromatic heterocycles. The fraction of sp³-hybridized carbons (Fsp3) is 0.600. The minimum atomic E-state index is -3.69. The van der Waals surface area contributed by atoms with Gasteiger partial charge in [-0.2, -0.15) is 9.40 Å². The minimum absolute atomic E-state index is 0.0729. The summed E-state index contributed by atoms with van der Waals surface area (Å²) in [6, 6.07) is -0.728. The third-order valence-corrected chi connectivity index (χ3v) is 4.80. The number of aromatic nitrogens is 2. The number of carbonyl (C=O) groups excluding carboxylic acids is 1. The molecule has 0 radical (unpaired) electrons. The summed E-state index contributed by atoms with van der Waals surface area (Å²) in [7, 11) is -3.69. The first-order valence-corrected chi connectivity index (χ1v) is 7.50. The highest BCUT2D eigenvalue weighted by atomic mass is 32.2. The lowest BCUT2D eigenvalue weighted by molar-refractivity contribution is -0.125. The maximum absolute atomic E-state index is 12.4. The highest BCUT2D eigenvalue weighted by Gasteiger charge is 2.37. The van der Waals surface area contributed by atoms with Gasteiger partial charge in [0.25, 0.3) is 0 Å². The number of amides is 1. The Morgan fingerprint density at radius 1 is 1.63 bits per heavy atom. The van der Waals surface area contributed by atoms with Crippen LogP contribution in [0.4, 0.5) is 0 Å². The normalized spacial score (nSPS) is 21.2. The zero-order valence-electron chi connectivity index (χ0n) is 10.6. The van der Waals surface area contributed by atoms with E-state index in [-0.39, 0.29) is 17.3 Å². The van der Waals surface area contributed by atoms with Crippen LogP contribution in [0.5, 0.6) is 0 Å². The molecule has 9 heteroatoms. The van der Waals surface area contributed by atoms with Crippen LogP contribution in [0.25, 0.3) is 0 Å². The Balaban J connectivity index is 2.27. The van der Waals surface area contributed by atoms with Crippen molar-refractivity contribution < 1.29 is 13.2 Å². The summed E-state index contributed by atoms with van der Waals surface area (Å²) in [5, 5.41) is 11.8. The zero-order valence-corrected chi connectivity index (χ0v) is 11.4. The number of hydrogen-bond donors (Lipinski definition) is 3. The van der Waals surface area contributed by atoms with Crippen LogP contribution in [0.2, 0.25) is 0 Å². The fourth-order valence-corrected chi connectivity index (χ4v) is 3.50. The molecule has 1 atom stereocenters. The molecular formula is C10H17N5O3S. The van der Waals surface area contributed by atoms with Crippen molar-refractivity contribution in [2.75, 3.05) is 26.2 Å². The van der Waals surface area contributed by atoms with E-state index in [2.05, 4.69) is 20.8 Å². The van der Waals surface area contributed by atoms with Crippen molar-refractivity contribution in [3.63, 3.8) is 0 Å². The molecule has 1 aliphatic rings. The standard InChI is InChI=1S/C10H17N5O3S/c1-2-12-10(16)9-7-11-3-4-15(9)19(17,18)8-5-13-14-6-8/h5-6,9,11H,2-4,7H2,1H3,(H,12,16)(H,13,14). The highest BCUT2D eigenvalue weighted by molar-refractivity contribution is 7.89. The molecule has 3 N–H and O–H groups in total. The van der Waals surface area contributed by atoms with Gasteiger partial charge in [0.1, 0.15) is 10.9 Å². The van der Waals surface area contributed by atoms with Crippen LogP contribution < -0.4 is 10.6 Å². The molecule has 1 saturated heterocycles. The Kier molecular flexibility index (Phi) is 4.17. The first kappa shape index (κ1) is 14.0. The first-order chi connectivity index (χ1) is 9.07. The smallest absolute Gasteiger partial charge is 0.247 e. The number of nitrogens with zero attached hydrogens (tertiary/aromatic N) is 2. The minimum Gasteiger partial charge on any atom is -0.355 e. The molecule has 0 aliphatic carbocycles. The monoisotopic (exact) mass is 287 g/mol. The largest absolute Gasteiger partial charge is 0.355 e. The Hall–Kier alpha value is -1.45. The lowest BCUT2D eigenvalue weighted by Crippen LogP contribution is -2.59. The molecule has 2 rings (SSSR count). The average molecular weight is 287 g/mol. The van der Waals surface area contributed by atoms with E-state index in [9.17, 15) is 13.2 Å². The molecule has 1 aromatic rings. The fourth-order valence-electron chi connectivity index (χ4n) is 2.00. The van der Waals surface area contributed by atoms with Gasteiger partial charge in [0.15, 0.2) is 0 Å². The predicted octanol–water partition coefficient (Wildman–Crippen LogP) is -1.49. The maximum atomic E-state index is 12.4. The van der Waals surface area contributed by atoms with E-state index in [0.717, 1.165) is 0 Å². The van der Waals surface area contributed by atoms with E-state index < -0.39 is 16.1 Å². The van der Waals surface area contributed by atoms with Crippen molar-refractivity contribution in [2.24, 2.45) is 0 Å². The number of hydrogen-bond acceptors (Lipinski definition) is 5. The lowest BCUT2D eigenvalue weighted by Gasteiger charge is -2.33. The van der Waals surface area contributed by atoms with E-state index in [1.807, 2.05) is 0 Å². The van der Waals surface area contributed by atoms with Crippen molar-refractivity contribution in [2.45, 2.75) is 17.9 Å². The summed E-state index contributed by atoms with van der Waals surface area (Å²) in [5.41, 5.74) is 0. The van der Waals surface area contributed by atoms with Crippen LogP contribution in [0.15, 0.2) is 17.3 Å². The second-order valence-corrected chi connectivity index (χ2v) is 6.05. The van der Waals surface area contributed by atoms with Gasteiger partial charge in [-0.3, -0.25) is 9.89 Å². The van der Waals surface area contributed by atoms with Crippen LogP contribution >= 0.6 is 0 Å². The van der Waals surface area contributed by atoms with Crippen LogP contribution in [0.1, 0.15) is 6.92 Å². The van der Waals surface area contributed by atoms with Crippen molar-refractivity contribution in [3.8, 4) is 0 Å². The Labute approximate surface area is 111 Å². The molecule has 19 heavy (non-hydrogen) atoms. The van der Waals surface area contributed by atoms with Crippen molar-refractivity contribution in [1.82, 2.24) is 25.1 Å². The molecule has 0 bridgehead atoms. The number of likely N-dealkylation sites (N-methyl/N-ethyl adjacent to an activating group) is 1. The molecule has 0 aromatic carbocycles. The second kappa shape index (κ2) is 5.68. The van der Waals surface area contributed by atoms with E-state index in [1.165, 1.54) is 16.7 Å². The molecule has 1 amide bonds. The molecular weight excluding hydrogens is 270 g/mol. The number of carbonyl (C=O) groups is 1. The Morgan fingerprint density at radius 3 is 3.05 bits per heavy atom. The topological polar surface area (TPSA) is 107 Å². The van der Waals surface area contributed by atoms with Crippen molar-refractivity contribution in [3.05, 3.63) is 12.4 Å². The second-order valence-electron chi connectivity index (χ2n) is 4.16. The first-order valence-electron chi connectivity index (χ1n) is 6.06. The Bertz CT molecular complexity index is 527. The van der Waals surface area contributed by atoms with Gasteiger partial charge in [-0.1, -0.05) is 0 Å². The Morgan fingerprint density at radius 2 is 2.42 bits per heavy atom. The number of aromatic amines is 1. The molecule has 0 spiro atoms. The van der Waals surface area contributed by atoms with Crippen molar-refractivity contribution in [1.29, 1.82) is 0 Å². The van der Waals surface area contributed by atoms with Gasteiger partial charge in [-0.15, -0.1) is 0 Å². The predicted molar refractivity (Wildman–Crippen MR) is 67.8 cm³/mol. The van der Waals surface area contributed by atoms with Crippen LogP contribution in [0, 0.1) is 0 Å². The van der Waals surface area contributed by atoms with Gasteiger partial charge in [-0.25, -0.2) is 8.42 Å². The van der Waals surface area contributed by atoms with Gasteiger partial charge >= 0.3 is 0 Å². The number of sulfonamides is 1. The molecule has 106 valence electrons.